The summed E-state index contributed by atoms with van der Waals surface area (Å²) in [7, 11) is 3.23. The Morgan fingerprint density at radius 1 is 1.08 bits per heavy atom. The molecule has 0 saturated carbocycles. The first-order valence-electron chi connectivity index (χ1n) is 8.06. The van der Waals surface area contributed by atoms with E-state index in [2.05, 4.69) is 10.6 Å². The number of carbonyl (C=O) groups excluding carboxylic acids is 1. The molecular weight excluding hydrogens is 340 g/mol. The zero-order valence-electron chi connectivity index (χ0n) is 14.4. The van der Waals surface area contributed by atoms with Gasteiger partial charge in [-0.1, -0.05) is 41.9 Å². The fourth-order valence-corrected chi connectivity index (χ4v) is 2.67. The Kier molecular flexibility index (Phi) is 7.57. The summed E-state index contributed by atoms with van der Waals surface area (Å²) in [4.78, 5) is 11.9. The first-order chi connectivity index (χ1) is 12.1. The van der Waals surface area contributed by atoms with Gasteiger partial charge in [-0.25, -0.2) is 4.79 Å². The van der Waals surface area contributed by atoms with Gasteiger partial charge in [0, 0.05) is 30.8 Å². The lowest BCUT2D eigenvalue weighted by molar-refractivity contribution is 0.104. The van der Waals surface area contributed by atoms with Crippen LogP contribution in [0, 0.1) is 0 Å². The molecule has 0 fully saturated rings. The molecule has 0 saturated heterocycles. The third-order valence-corrected chi connectivity index (χ3v) is 4.19. The highest BCUT2D eigenvalue weighted by molar-refractivity contribution is 6.31. The fourth-order valence-electron chi connectivity index (χ4n) is 2.42. The summed E-state index contributed by atoms with van der Waals surface area (Å²) in [6.45, 7) is 0.885. The van der Waals surface area contributed by atoms with Gasteiger partial charge < -0.3 is 20.1 Å². The number of nitrogens with one attached hydrogen (secondary N) is 2. The van der Waals surface area contributed by atoms with E-state index in [9.17, 15) is 4.79 Å². The Hall–Kier alpha value is -2.24. The second-order valence-electron chi connectivity index (χ2n) is 5.48. The Morgan fingerprint density at radius 2 is 1.80 bits per heavy atom. The molecule has 1 atom stereocenters. The van der Waals surface area contributed by atoms with E-state index in [4.69, 9.17) is 21.1 Å². The zero-order valence-corrected chi connectivity index (χ0v) is 15.2. The van der Waals surface area contributed by atoms with Crippen LogP contribution in [0.15, 0.2) is 48.5 Å². The van der Waals surface area contributed by atoms with Crippen LogP contribution in [0.5, 0.6) is 5.75 Å². The van der Waals surface area contributed by atoms with E-state index in [-0.39, 0.29) is 12.1 Å². The second-order valence-corrected chi connectivity index (χ2v) is 5.89. The Morgan fingerprint density at radius 3 is 2.44 bits per heavy atom. The molecule has 0 spiro atoms. The van der Waals surface area contributed by atoms with Crippen molar-refractivity contribution in [2.45, 2.75) is 12.5 Å². The van der Waals surface area contributed by atoms with Crippen LogP contribution in [-0.2, 0) is 11.2 Å². The first kappa shape index (κ1) is 19.1. The summed E-state index contributed by atoms with van der Waals surface area (Å²) in [5.74, 6) is 0.819. The predicted molar refractivity (Wildman–Crippen MR) is 99.3 cm³/mol. The quantitative estimate of drug-likeness (QED) is 0.754. The molecule has 0 aliphatic rings. The highest BCUT2D eigenvalue weighted by atomic mass is 35.5. The van der Waals surface area contributed by atoms with Crippen molar-refractivity contribution < 1.29 is 14.3 Å². The first-order valence-corrected chi connectivity index (χ1v) is 8.43. The fraction of sp³-hybridized carbons (Fsp3) is 0.316. The van der Waals surface area contributed by atoms with Gasteiger partial charge in [0.1, 0.15) is 11.9 Å². The average Bonchev–Trinajstić information content (AvgIpc) is 2.64. The highest BCUT2D eigenvalue weighted by Gasteiger charge is 2.14. The molecule has 25 heavy (non-hydrogen) atoms. The third kappa shape index (κ3) is 5.96. The number of amides is 2. The van der Waals surface area contributed by atoms with Crippen molar-refractivity contribution >= 4 is 17.6 Å². The van der Waals surface area contributed by atoms with Crippen LogP contribution in [0.2, 0.25) is 5.02 Å². The largest absolute Gasteiger partial charge is 0.497 e. The number of urea groups is 1. The topological polar surface area (TPSA) is 59.6 Å². The van der Waals surface area contributed by atoms with E-state index in [1.165, 1.54) is 0 Å². The lowest BCUT2D eigenvalue weighted by Crippen LogP contribution is -2.39. The molecule has 0 radical (unpaired) electrons. The summed E-state index contributed by atoms with van der Waals surface area (Å²) in [5.41, 5.74) is 1.98. The van der Waals surface area contributed by atoms with Crippen LogP contribution in [0.4, 0.5) is 4.79 Å². The molecule has 5 nitrogen and oxygen atoms in total. The molecule has 0 heterocycles. The summed E-state index contributed by atoms with van der Waals surface area (Å²) in [6.07, 6.45) is 0.455. The van der Waals surface area contributed by atoms with Gasteiger partial charge in [-0.2, -0.15) is 0 Å². The lowest BCUT2D eigenvalue weighted by Gasteiger charge is -2.18. The lowest BCUT2D eigenvalue weighted by atomic mass is 10.1. The van der Waals surface area contributed by atoms with Crippen LogP contribution >= 0.6 is 11.6 Å². The minimum Gasteiger partial charge on any atom is -0.497 e. The van der Waals surface area contributed by atoms with Crippen molar-refractivity contribution in [3.8, 4) is 5.75 Å². The molecule has 2 amide bonds. The molecule has 2 aromatic rings. The number of ether oxygens (including phenoxy) is 2. The highest BCUT2D eigenvalue weighted by Crippen LogP contribution is 2.24. The number of halogens is 1. The molecule has 0 aliphatic heterocycles. The van der Waals surface area contributed by atoms with Gasteiger partial charge in [0.2, 0.25) is 0 Å². The van der Waals surface area contributed by atoms with Crippen LogP contribution in [0.1, 0.15) is 17.2 Å². The van der Waals surface area contributed by atoms with Gasteiger partial charge in [0.05, 0.1) is 7.11 Å². The van der Waals surface area contributed by atoms with Crippen molar-refractivity contribution in [2.24, 2.45) is 0 Å². The maximum absolute atomic E-state index is 11.9. The molecule has 6 heteroatoms. The third-order valence-electron chi connectivity index (χ3n) is 3.84. The Bertz CT molecular complexity index is 677. The van der Waals surface area contributed by atoms with Gasteiger partial charge in [-0.3, -0.25) is 0 Å². The van der Waals surface area contributed by atoms with Crippen LogP contribution in [0.25, 0.3) is 0 Å². The van der Waals surface area contributed by atoms with E-state index in [0.29, 0.717) is 18.1 Å². The molecule has 0 bridgehead atoms. The normalized spacial score (nSPS) is 11.6. The summed E-state index contributed by atoms with van der Waals surface area (Å²) >= 11 is 6.17. The van der Waals surface area contributed by atoms with E-state index in [0.717, 1.165) is 23.3 Å². The number of hydrogen-bond donors (Lipinski definition) is 2. The smallest absolute Gasteiger partial charge is 0.314 e. The number of methoxy groups -OCH3 is 2. The number of benzene rings is 2. The van der Waals surface area contributed by atoms with E-state index in [1.54, 1.807) is 20.3 Å². The minimum absolute atomic E-state index is 0.234. The van der Waals surface area contributed by atoms with Crippen LogP contribution in [-0.4, -0.2) is 33.3 Å². The van der Waals surface area contributed by atoms with Crippen molar-refractivity contribution in [1.82, 2.24) is 10.6 Å². The molecule has 2 aromatic carbocycles. The molecule has 0 aromatic heterocycles. The van der Waals surface area contributed by atoms with Gasteiger partial charge in [-0.05, 0) is 30.2 Å². The van der Waals surface area contributed by atoms with Crippen molar-refractivity contribution in [3.63, 3.8) is 0 Å². The maximum Gasteiger partial charge on any atom is 0.314 e. The number of carbonyl (C=O) groups is 1. The SMILES string of the molecule is COc1ccc(CCNC(=O)NCC(OC)c2ccccc2Cl)cc1. The van der Waals surface area contributed by atoms with Gasteiger partial charge >= 0.3 is 6.03 Å². The van der Waals surface area contributed by atoms with Crippen LogP contribution < -0.4 is 15.4 Å². The molecule has 134 valence electrons. The van der Waals surface area contributed by atoms with Gasteiger partial charge in [-0.15, -0.1) is 0 Å². The van der Waals surface area contributed by atoms with Gasteiger partial charge in [0.15, 0.2) is 0 Å². The molecule has 1 unspecified atom stereocenters. The van der Waals surface area contributed by atoms with E-state index >= 15 is 0 Å². The monoisotopic (exact) mass is 362 g/mol. The number of hydrogen-bond acceptors (Lipinski definition) is 3. The van der Waals surface area contributed by atoms with E-state index < -0.39 is 0 Å². The molecular formula is C19H23ClN2O3. The second kappa shape index (κ2) is 9.91. The Balaban J connectivity index is 1.75. The molecule has 0 aliphatic carbocycles. The van der Waals surface area contributed by atoms with Crippen LogP contribution in [0.3, 0.4) is 0 Å². The number of rotatable bonds is 8. The standard InChI is InChI=1S/C19H23ClN2O3/c1-24-15-9-7-14(8-10-15)11-12-21-19(23)22-13-18(25-2)16-5-3-4-6-17(16)20/h3-10,18H,11-13H2,1-2H3,(H2,21,22,23). The zero-order chi connectivity index (χ0) is 18.1. The van der Waals surface area contributed by atoms with E-state index in [1.807, 2.05) is 42.5 Å². The van der Waals surface area contributed by atoms with Crippen molar-refractivity contribution in [2.75, 3.05) is 27.3 Å². The molecule has 2 N–H and O–H groups in total. The van der Waals surface area contributed by atoms with Gasteiger partial charge in [0.25, 0.3) is 0 Å². The molecule has 2 rings (SSSR count). The minimum atomic E-state index is -0.291. The summed E-state index contributed by atoms with van der Waals surface area (Å²) in [6, 6.07) is 15.0. The summed E-state index contributed by atoms with van der Waals surface area (Å²) in [5, 5.41) is 6.27. The van der Waals surface area contributed by atoms with Crippen molar-refractivity contribution in [3.05, 3.63) is 64.7 Å². The summed E-state index contributed by atoms with van der Waals surface area (Å²) < 4.78 is 10.5. The average molecular weight is 363 g/mol. The Labute approximate surface area is 153 Å². The van der Waals surface area contributed by atoms with Crippen molar-refractivity contribution in [1.29, 1.82) is 0 Å². The maximum atomic E-state index is 11.9. The predicted octanol–water partition coefficient (Wildman–Crippen LogP) is 3.58.